The third-order valence-corrected chi connectivity index (χ3v) is 5.86. The van der Waals surface area contributed by atoms with Crippen LogP contribution in [0.25, 0.3) is 11.1 Å². The average Bonchev–Trinajstić information content (AvgIpc) is 2.75. The largest absolute Gasteiger partial charge is 0.469 e. The molecule has 0 aliphatic heterocycles. The third kappa shape index (κ3) is 5.25. The van der Waals surface area contributed by atoms with Crippen LogP contribution >= 0.6 is 0 Å². The molecule has 0 bridgehead atoms. The molecular formula is C24H28FNO4. The highest BCUT2D eigenvalue weighted by Gasteiger charge is 2.37. The Balaban J connectivity index is 1.71. The van der Waals surface area contributed by atoms with Crippen molar-refractivity contribution in [1.82, 2.24) is 5.32 Å². The SMILES string of the molecule is COC(=O)C1C[C@@H](OC)CC[C@H]1NC(=O)Cc1cc(-c2ccc(F)cc2)ccc1C. The second kappa shape index (κ2) is 9.85. The van der Waals surface area contributed by atoms with E-state index in [0.29, 0.717) is 12.8 Å². The van der Waals surface area contributed by atoms with E-state index in [1.54, 1.807) is 19.2 Å². The Hall–Kier alpha value is -2.73. The number of carbonyl (C=O) groups is 2. The zero-order chi connectivity index (χ0) is 21.7. The van der Waals surface area contributed by atoms with E-state index in [-0.39, 0.29) is 36.3 Å². The van der Waals surface area contributed by atoms with E-state index < -0.39 is 5.92 Å². The summed E-state index contributed by atoms with van der Waals surface area (Å²) in [5.74, 6) is -1.15. The number of hydrogen-bond acceptors (Lipinski definition) is 4. The number of ether oxygens (including phenoxy) is 2. The number of hydrogen-bond donors (Lipinski definition) is 1. The van der Waals surface area contributed by atoms with Gasteiger partial charge >= 0.3 is 5.97 Å². The fourth-order valence-corrected chi connectivity index (χ4v) is 4.05. The maximum Gasteiger partial charge on any atom is 0.310 e. The molecule has 0 heterocycles. The van der Waals surface area contributed by atoms with Crippen LogP contribution in [0, 0.1) is 18.7 Å². The number of benzene rings is 2. The van der Waals surface area contributed by atoms with Gasteiger partial charge in [-0.2, -0.15) is 0 Å². The Bertz CT molecular complexity index is 897. The quantitative estimate of drug-likeness (QED) is 0.732. The maximum atomic E-state index is 13.2. The van der Waals surface area contributed by atoms with Crippen molar-refractivity contribution in [2.75, 3.05) is 14.2 Å². The molecule has 1 aliphatic rings. The van der Waals surface area contributed by atoms with E-state index >= 15 is 0 Å². The molecule has 0 radical (unpaired) electrons. The van der Waals surface area contributed by atoms with Crippen LogP contribution < -0.4 is 5.32 Å². The molecule has 3 rings (SSSR count). The molecule has 0 aromatic heterocycles. The van der Waals surface area contributed by atoms with Crippen molar-refractivity contribution < 1.29 is 23.5 Å². The summed E-state index contributed by atoms with van der Waals surface area (Å²) in [5, 5.41) is 3.03. The molecule has 2 aromatic rings. The van der Waals surface area contributed by atoms with Crippen molar-refractivity contribution in [2.24, 2.45) is 5.92 Å². The number of rotatable bonds is 6. The van der Waals surface area contributed by atoms with Crippen molar-refractivity contribution in [3.05, 3.63) is 59.4 Å². The summed E-state index contributed by atoms with van der Waals surface area (Å²) >= 11 is 0. The Labute approximate surface area is 176 Å². The number of carbonyl (C=O) groups excluding carboxylic acids is 2. The number of nitrogens with one attached hydrogen (secondary N) is 1. The molecule has 1 saturated carbocycles. The van der Waals surface area contributed by atoms with Gasteiger partial charge in [0.1, 0.15) is 5.82 Å². The van der Waals surface area contributed by atoms with Crippen LogP contribution in [0.4, 0.5) is 4.39 Å². The first-order valence-corrected chi connectivity index (χ1v) is 10.2. The topological polar surface area (TPSA) is 64.6 Å². The van der Waals surface area contributed by atoms with E-state index in [1.807, 2.05) is 25.1 Å². The van der Waals surface area contributed by atoms with Gasteiger partial charge in [0.2, 0.25) is 5.91 Å². The lowest BCUT2D eigenvalue weighted by molar-refractivity contribution is -0.149. The summed E-state index contributed by atoms with van der Waals surface area (Å²) in [6.07, 6.45) is 2.19. The first-order valence-electron chi connectivity index (χ1n) is 10.2. The second-order valence-electron chi connectivity index (χ2n) is 7.80. The van der Waals surface area contributed by atoms with Crippen LogP contribution in [-0.4, -0.2) is 38.2 Å². The lowest BCUT2D eigenvalue weighted by Crippen LogP contribution is -2.48. The van der Waals surface area contributed by atoms with Crippen molar-refractivity contribution in [3.63, 3.8) is 0 Å². The molecule has 3 atom stereocenters. The molecule has 1 unspecified atom stereocenters. The minimum absolute atomic E-state index is 0.00288. The van der Waals surface area contributed by atoms with E-state index in [4.69, 9.17) is 9.47 Å². The molecule has 0 saturated heterocycles. The highest BCUT2D eigenvalue weighted by Crippen LogP contribution is 2.28. The van der Waals surface area contributed by atoms with E-state index in [1.165, 1.54) is 19.2 Å². The average molecular weight is 413 g/mol. The van der Waals surface area contributed by atoms with E-state index in [2.05, 4.69) is 5.32 Å². The van der Waals surface area contributed by atoms with Crippen LogP contribution in [0.15, 0.2) is 42.5 Å². The number of amides is 1. The molecule has 160 valence electrons. The number of halogens is 1. The van der Waals surface area contributed by atoms with Crippen LogP contribution in [0.5, 0.6) is 0 Å². The fourth-order valence-electron chi connectivity index (χ4n) is 4.05. The summed E-state index contributed by atoms with van der Waals surface area (Å²) in [7, 11) is 3.00. The summed E-state index contributed by atoms with van der Waals surface area (Å²) < 4.78 is 23.5. The van der Waals surface area contributed by atoms with Gasteiger partial charge in [-0.1, -0.05) is 30.3 Å². The van der Waals surface area contributed by atoms with Crippen LogP contribution in [-0.2, 0) is 25.5 Å². The first-order chi connectivity index (χ1) is 14.4. The third-order valence-electron chi connectivity index (χ3n) is 5.86. The van der Waals surface area contributed by atoms with Gasteiger partial charge in [0.25, 0.3) is 0 Å². The summed E-state index contributed by atoms with van der Waals surface area (Å²) in [4.78, 5) is 25.0. The van der Waals surface area contributed by atoms with E-state index in [0.717, 1.165) is 28.7 Å². The van der Waals surface area contributed by atoms with Gasteiger partial charge in [-0.15, -0.1) is 0 Å². The van der Waals surface area contributed by atoms with Crippen LogP contribution in [0.3, 0.4) is 0 Å². The zero-order valence-corrected chi connectivity index (χ0v) is 17.6. The van der Waals surface area contributed by atoms with Gasteiger partial charge < -0.3 is 14.8 Å². The van der Waals surface area contributed by atoms with Gasteiger partial charge in [0, 0.05) is 13.2 Å². The minimum atomic E-state index is -0.413. The Morgan fingerprint density at radius 2 is 1.77 bits per heavy atom. The Morgan fingerprint density at radius 3 is 2.43 bits per heavy atom. The Kier molecular flexibility index (Phi) is 7.21. The van der Waals surface area contributed by atoms with Crippen LogP contribution in [0.1, 0.15) is 30.4 Å². The van der Waals surface area contributed by atoms with Gasteiger partial charge in [0.05, 0.1) is 25.6 Å². The minimum Gasteiger partial charge on any atom is -0.469 e. The number of esters is 1. The van der Waals surface area contributed by atoms with Crippen LogP contribution in [0.2, 0.25) is 0 Å². The summed E-state index contributed by atoms with van der Waals surface area (Å²) in [6.45, 7) is 1.96. The predicted octanol–water partition coefficient (Wildman–Crippen LogP) is 3.82. The second-order valence-corrected chi connectivity index (χ2v) is 7.80. The highest BCUT2D eigenvalue weighted by atomic mass is 19.1. The first kappa shape index (κ1) is 22.0. The van der Waals surface area contributed by atoms with Gasteiger partial charge in [0.15, 0.2) is 0 Å². The Morgan fingerprint density at radius 1 is 1.07 bits per heavy atom. The lowest BCUT2D eigenvalue weighted by Gasteiger charge is -2.34. The number of aryl methyl sites for hydroxylation is 1. The molecule has 2 aromatic carbocycles. The van der Waals surface area contributed by atoms with Crippen molar-refractivity contribution >= 4 is 11.9 Å². The smallest absolute Gasteiger partial charge is 0.310 e. The van der Waals surface area contributed by atoms with Crippen molar-refractivity contribution in [3.8, 4) is 11.1 Å². The van der Waals surface area contributed by atoms with Gasteiger partial charge in [-0.3, -0.25) is 9.59 Å². The number of methoxy groups -OCH3 is 2. The zero-order valence-electron chi connectivity index (χ0n) is 17.6. The van der Waals surface area contributed by atoms with Gasteiger partial charge in [-0.25, -0.2) is 4.39 Å². The van der Waals surface area contributed by atoms with E-state index in [9.17, 15) is 14.0 Å². The molecule has 1 amide bonds. The van der Waals surface area contributed by atoms with Gasteiger partial charge in [-0.05, 0) is 60.6 Å². The lowest BCUT2D eigenvalue weighted by atomic mass is 9.82. The van der Waals surface area contributed by atoms with Crippen molar-refractivity contribution in [2.45, 2.75) is 44.8 Å². The maximum absolute atomic E-state index is 13.2. The standard InChI is InChI=1S/C24H28FNO4/c1-15-4-5-17(16-6-8-19(25)9-7-16)12-18(15)13-23(27)26-22-11-10-20(29-2)14-21(22)24(28)30-3/h4-9,12,20-22H,10-11,13-14H2,1-3H3,(H,26,27)/t20-,21?,22+/m0/s1. The molecule has 6 heteroatoms. The molecule has 5 nitrogen and oxygen atoms in total. The molecule has 1 fully saturated rings. The fraction of sp³-hybridized carbons (Fsp3) is 0.417. The molecule has 1 aliphatic carbocycles. The molecule has 30 heavy (non-hydrogen) atoms. The molecule has 0 spiro atoms. The molecule has 1 N–H and O–H groups in total. The predicted molar refractivity (Wildman–Crippen MR) is 112 cm³/mol. The summed E-state index contributed by atoms with van der Waals surface area (Å²) in [5.41, 5.74) is 3.72. The highest BCUT2D eigenvalue weighted by molar-refractivity contribution is 5.81. The normalized spacial score (nSPS) is 21.1. The monoisotopic (exact) mass is 413 g/mol. The van der Waals surface area contributed by atoms with Crippen molar-refractivity contribution in [1.29, 1.82) is 0 Å². The summed E-state index contributed by atoms with van der Waals surface area (Å²) in [6, 6.07) is 11.9. The molecular weight excluding hydrogens is 385 g/mol.